The standard InChI is InChI=1S/C13H23N5/c1-12(9-14)10-17-5-2-6-18(8-7-17)13-3-4-15-11-16-13/h3-4,11-12H,2,5-10,14H2,1H3. The summed E-state index contributed by atoms with van der Waals surface area (Å²) in [6.45, 7) is 8.45. The fourth-order valence-electron chi connectivity index (χ4n) is 2.37. The molecule has 0 amide bonds. The van der Waals surface area contributed by atoms with Crippen LogP contribution >= 0.6 is 0 Å². The smallest absolute Gasteiger partial charge is 0.131 e. The number of nitrogens with two attached hydrogens (primary N) is 1. The van der Waals surface area contributed by atoms with Crippen LogP contribution in [-0.4, -0.2) is 54.1 Å². The second-order valence-corrected chi connectivity index (χ2v) is 5.05. The molecule has 1 atom stereocenters. The lowest BCUT2D eigenvalue weighted by atomic mass is 10.1. The lowest BCUT2D eigenvalue weighted by molar-refractivity contribution is 0.255. The van der Waals surface area contributed by atoms with Crippen molar-refractivity contribution in [3.63, 3.8) is 0 Å². The lowest BCUT2D eigenvalue weighted by Gasteiger charge is -2.24. The van der Waals surface area contributed by atoms with Gasteiger partial charge in [-0.2, -0.15) is 0 Å². The highest BCUT2D eigenvalue weighted by molar-refractivity contribution is 5.36. The van der Waals surface area contributed by atoms with E-state index in [1.54, 1.807) is 6.33 Å². The quantitative estimate of drug-likeness (QED) is 0.846. The lowest BCUT2D eigenvalue weighted by Crippen LogP contribution is -2.35. The van der Waals surface area contributed by atoms with Crippen LogP contribution in [0.4, 0.5) is 5.82 Å². The minimum Gasteiger partial charge on any atom is -0.355 e. The summed E-state index contributed by atoms with van der Waals surface area (Å²) in [5.74, 6) is 1.62. The van der Waals surface area contributed by atoms with Crippen LogP contribution in [0.1, 0.15) is 13.3 Å². The molecule has 100 valence electrons. The van der Waals surface area contributed by atoms with Crippen molar-refractivity contribution in [3.05, 3.63) is 18.6 Å². The van der Waals surface area contributed by atoms with E-state index in [9.17, 15) is 0 Å². The van der Waals surface area contributed by atoms with Gasteiger partial charge in [0.1, 0.15) is 12.1 Å². The average molecular weight is 249 g/mol. The summed E-state index contributed by atoms with van der Waals surface area (Å²) >= 11 is 0. The van der Waals surface area contributed by atoms with Gasteiger partial charge in [-0.15, -0.1) is 0 Å². The minimum atomic E-state index is 0.579. The first kappa shape index (κ1) is 13.2. The summed E-state index contributed by atoms with van der Waals surface area (Å²) in [5, 5.41) is 0. The van der Waals surface area contributed by atoms with Gasteiger partial charge in [0.2, 0.25) is 0 Å². The second kappa shape index (κ2) is 6.66. The van der Waals surface area contributed by atoms with Crippen LogP contribution in [0, 0.1) is 5.92 Å². The molecule has 0 bridgehead atoms. The Morgan fingerprint density at radius 3 is 2.94 bits per heavy atom. The Labute approximate surface area is 109 Å². The van der Waals surface area contributed by atoms with Crippen LogP contribution in [0.3, 0.4) is 0 Å². The zero-order valence-electron chi connectivity index (χ0n) is 11.1. The molecule has 5 nitrogen and oxygen atoms in total. The summed E-state index contributed by atoms with van der Waals surface area (Å²) in [6.07, 6.45) is 4.61. The van der Waals surface area contributed by atoms with Gasteiger partial charge in [0.25, 0.3) is 0 Å². The SMILES string of the molecule is CC(CN)CN1CCCN(c2ccncn2)CC1. The van der Waals surface area contributed by atoms with Crippen molar-refractivity contribution in [1.29, 1.82) is 0 Å². The molecular weight excluding hydrogens is 226 g/mol. The molecule has 2 heterocycles. The number of rotatable bonds is 4. The van der Waals surface area contributed by atoms with Crippen LogP contribution in [0.2, 0.25) is 0 Å². The monoisotopic (exact) mass is 249 g/mol. The van der Waals surface area contributed by atoms with Crippen molar-refractivity contribution >= 4 is 5.82 Å². The van der Waals surface area contributed by atoms with Crippen molar-refractivity contribution in [2.45, 2.75) is 13.3 Å². The molecular formula is C13H23N5. The van der Waals surface area contributed by atoms with E-state index in [0.29, 0.717) is 5.92 Å². The molecule has 1 aliphatic rings. The molecule has 0 saturated carbocycles. The zero-order chi connectivity index (χ0) is 12.8. The third-order valence-corrected chi connectivity index (χ3v) is 3.45. The summed E-state index contributed by atoms with van der Waals surface area (Å²) < 4.78 is 0. The Balaban J connectivity index is 1.89. The molecule has 0 aliphatic carbocycles. The van der Waals surface area contributed by atoms with Gasteiger partial charge < -0.3 is 15.5 Å². The predicted octanol–water partition coefficient (Wildman–Crippen LogP) is 0.584. The molecule has 0 aromatic carbocycles. The topological polar surface area (TPSA) is 58.3 Å². The van der Waals surface area contributed by atoms with E-state index in [4.69, 9.17) is 5.73 Å². The highest BCUT2D eigenvalue weighted by Crippen LogP contribution is 2.12. The summed E-state index contributed by atoms with van der Waals surface area (Å²) in [6, 6.07) is 1.98. The molecule has 0 spiro atoms. The molecule has 18 heavy (non-hydrogen) atoms. The van der Waals surface area contributed by atoms with Crippen LogP contribution in [0.5, 0.6) is 0 Å². The fraction of sp³-hybridized carbons (Fsp3) is 0.692. The molecule has 1 aliphatic heterocycles. The van der Waals surface area contributed by atoms with Crippen molar-refractivity contribution in [2.75, 3.05) is 44.2 Å². The van der Waals surface area contributed by atoms with Crippen molar-refractivity contribution in [2.24, 2.45) is 11.7 Å². The van der Waals surface area contributed by atoms with E-state index in [-0.39, 0.29) is 0 Å². The molecule has 1 fully saturated rings. The Bertz CT molecular complexity index is 342. The van der Waals surface area contributed by atoms with Crippen LogP contribution in [0.25, 0.3) is 0 Å². The Hall–Kier alpha value is -1.20. The van der Waals surface area contributed by atoms with E-state index >= 15 is 0 Å². The third kappa shape index (κ3) is 3.65. The van der Waals surface area contributed by atoms with Gasteiger partial charge in [0, 0.05) is 32.4 Å². The third-order valence-electron chi connectivity index (χ3n) is 3.45. The van der Waals surface area contributed by atoms with Crippen LogP contribution < -0.4 is 10.6 Å². The molecule has 2 rings (SSSR count). The van der Waals surface area contributed by atoms with E-state index in [0.717, 1.165) is 45.1 Å². The normalized spacial score (nSPS) is 19.6. The summed E-state index contributed by atoms with van der Waals surface area (Å²) in [4.78, 5) is 13.1. The van der Waals surface area contributed by atoms with E-state index < -0.39 is 0 Å². The van der Waals surface area contributed by atoms with Gasteiger partial charge in [-0.05, 0) is 31.5 Å². The van der Waals surface area contributed by atoms with Gasteiger partial charge in [-0.1, -0.05) is 6.92 Å². The molecule has 1 unspecified atom stereocenters. The number of hydrogen-bond acceptors (Lipinski definition) is 5. The number of anilines is 1. The number of nitrogens with zero attached hydrogens (tertiary/aromatic N) is 4. The Morgan fingerprint density at radius 1 is 1.33 bits per heavy atom. The first-order valence-corrected chi connectivity index (χ1v) is 6.73. The van der Waals surface area contributed by atoms with Crippen LogP contribution in [-0.2, 0) is 0 Å². The van der Waals surface area contributed by atoms with E-state index in [1.165, 1.54) is 6.42 Å². The minimum absolute atomic E-state index is 0.579. The maximum atomic E-state index is 5.69. The summed E-state index contributed by atoms with van der Waals surface area (Å²) in [7, 11) is 0. The number of aromatic nitrogens is 2. The van der Waals surface area contributed by atoms with Crippen LogP contribution in [0.15, 0.2) is 18.6 Å². The highest BCUT2D eigenvalue weighted by atomic mass is 15.2. The maximum absolute atomic E-state index is 5.69. The molecule has 5 heteroatoms. The summed E-state index contributed by atoms with van der Waals surface area (Å²) in [5.41, 5.74) is 5.69. The maximum Gasteiger partial charge on any atom is 0.131 e. The average Bonchev–Trinajstić information content (AvgIpc) is 2.65. The number of hydrogen-bond donors (Lipinski definition) is 1. The largest absolute Gasteiger partial charge is 0.355 e. The van der Waals surface area contributed by atoms with Gasteiger partial charge in [0.15, 0.2) is 0 Å². The first-order valence-electron chi connectivity index (χ1n) is 6.73. The molecule has 2 N–H and O–H groups in total. The Kier molecular flexibility index (Phi) is 4.90. The highest BCUT2D eigenvalue weighted by Gasteiger charge is 2.16. The van der Waals surface area contributed by atoms with Crippen molar-refractivity contribution < 1.29 is 0 Å². The zero-order valence-corrected chi connectivity index (χ0v) is 11.1. The molecule has 1 aromatic rings. The van der Waals surface area contributed by atoms with Gasteiger partial charge in [-0.25, -0.2) is 9.97 Å². The van der Waals surface area contributed by atoms with Gasteiger partial charge in [0.05, 0.1) is 0 Å². The van der Waals surface area contributed by atoms with Crippen molar-refractivity contribution in [1.82, 2.24) is 14.9 Å². The predicted molar refractivity (Wildman–Crippen MR) is 73.5 cm³/mol. The first-order chi connectivity index (χ1) is 8.79. The molecule has 1 saturated heterocycles. The van der Waals surface area contributed by atoms with Gasteiger partial charge in [-0.3, -0.25) is 0 Å². The molecule has 1 aromatic heterocycles. The van der Waals surface area contributed by atoms with E-state index in [1.807, 2.05) is 12.3 Å². The fourth-order valence-corrected chi connectivity index (χ4v) is 2.37. The second-order valence-electron chi connectivity index (χ2n) is 5.05. The van der Waals surface area contributed by atoms with Crippen molar-refractivity contribution in [3.8, 4) is 0 Å². The Morgan fingerprint density at radius 2 is 2.22 bits per heavy atom. The molecule has 0 radical (unpaired) electrons. The van der Waals surface area contributed by atoms with E-state index in [2.05, 4.69) is 26.7 Å². The van der Waals surface area contributed by atoms with Gasteiger partial charge >= 0.3 is 0 Å².